The Bertz CT molecular complexity index is 471. The Hall–Kier alpha value is -1.89. The van der Waals surface area contributed by atoms with Crippen LogP contribution in [0.5, 0.6) is 0 Å². The Balaban J connectivity index is 1.76. The van der Waals surface area contributed by atoms with Crippen molar-refractivity contribution in [2.45, 2.75) is 26.0 Å². The minimum absolute atomic E-state index is 0.00383. The van der Waals surface area contributed by atoms with Gasteiger partial charge in [-0.05, 0) is 13.3 Å². The Morgan fingerprint density at radius 3 is 3.00 bits per heavy atom. The molecule has 7 nitrogen and oxygen atoms in total. The van der Waals surface area contributed by atoms with E-state index in [1.165, 1.54) is 12.5 Å². The predicted octanol–water partition coefficient (Wildman–Crippen LogP) is 0.122. The molecular weight excluding hydrogens is 250 g/mol. The fraction of sp³-hybridized carbons (Fsp3) is 0.583. The zero-order valence-corrected chi connectivity index (χ0v) is 10.7. The number of imidazole rings is 1. The number of hydrogen-bond acceptors (Lipinski definition) is 4. The molecule has 2 rings (SSSR count). The second-order valence-electron chi connectivity index (χ2n) is 4.56. The number of aromatic nitrogens is 2. The summed E-state index contributed by atoms with van der Waals surface area (Å²) in [7, 11) is 0. The molecule has 2 atom stereocenters. The van der Waals surface area contributed by atoms with Crippen LogP contribution in [-0.2, 0) is 16.1 Å². The second-order valence-corrected chi connectivity index (χ2v) is 4.56. The highest BCUT2D eigenvalue weighted by Gasteiger charge is 2.30. The molecule has 1 aromatic heterocycles. The molecule has 19 heavy (non-hydrogen) atoms. The molecule has 1 aliphatic rings. The van der Waals surface area contributed by atoms with Crippen LogP contribution in [0.4, 0.5) is 0 Å². The Morgan fingerprint density at radius 1 is 1.63 bits per heavy atom. The molecule has 104 valence electrons. The van der Waals surface area contributed by atoms with Crippen molar-refractivity contribution >= 4 is 11.9 Å². The number of amides is 1. The molecule has 1 aliphatic heterocycles. The highest BCUT2D eigenvalue weighted by Crippen LogP contribution is 2.20. The normalized spacial score (nSPS) is 22.4. The first kappa shape index (κ1) is 13.5. The highest BCUT2D eigenvalue weighted by atomic mass is 16.5. The van der Waals surface area contributed by atoms with Crippen LogP contribution >= 0.6 is 0 Å². The number of aromatic carboxylic acids is 1. The van der Waals surface area contributed by atoms with Crippen LogP contribution in [0.25, 0.3) is 0 Å². The number of nitrogens with zero attached hydrogens (tertiary/aromatic N) is 2. The number of carboxylic acid groups (broad SMARTS) is 1. The van der Waals surface area contributed by atoms with Crippen molar-refractivity contribution in [3.05, 3.63) is 18.2 Å². The van der Waals surface area contributed by atoms with Crippen molar-refractivity contribution in [1.29, 1.82) is 0 Å². The third kappa shape index (κ3) is 3.31. The molecule has 1 fully saturated rings. The van der Waals surface area contributed by atoms with E-state index in [4.69, 9.17) is 9.84 Å². The van der Waals surface area contributed by atoms with E-state index in [-0.39, 0.29) is 23.6 Å². The topological polar surface area (TPSA) is 93.5 Å². The number of carbonyl (C=O) groups excluding carboxylic acids is 1. The standard InChI is InChI=1S/C12H17N3O4/c1-8-9(2-5-19-8)11(16)13-3-4-15-6-10(12(17)18)14-7-15/h6-9H,2-5H2,1H3,(H,13,16)(H,17,18). The molecule has 2 N–H and O–H groups in total. The van der Waals surface area contributed by atoms with E-state index >= 15 is 0 Å². The molecule has 7 heteroatoms. The van der Waals surface area contributed by atoms with Gasteiger partial charge in [0.25, 0.3) is 0 Å². The van der Waals surface area contributed by atoms with Gasteiger partial charge in [0.1, 0.15) is 0 Å². The van der Waals surface area contributed by atoms with Crippen LogP contribution in [0.3, 0.4) is 0 Å². The lowest BCUT2D eigenvalue weighted by molar-refractivity contribution is -0.126. The fourth-order valence-corrected chi connectivity index (χ4v) is 2.11. The summed E-state index contributed by atoms with van der Waals surface area (Å²) in [4.78, 5) is 26.2. The van der Waals surface area contributed by atoms with E-state index in [1.807, 2.05) is 6.92 Å². The van der Waals surface area contributed by atoms with Gasteiger partial charge in [0.15, 0.2) is 5.69 Å². The zero-order chi connectivity index (χ0) is 13.8. The summed E-state index contributed by atoms with van der Waals surface area (Å²) in [6, 6.07) is 0. The molecular formula is C12H17N3O4. The smallest absolute Gasteiger partial charge is 0.356 e. The monoisotopic (exact) mass is 267 g/mol. The molecule has 1 aromatic rings. The van der Waals surface area contributed by atoms with Gasteiger partial charge in [-0.2, -0.15) is 0 Å². The fourth-order valence-electron chi connectivity index (χ4n) is 2.11. The average Bonchev–Trinajstić information content (AvgIpc) is 2.97. The van der Waals surface area contributed by atoms with Gasteiger partial charge in [0, 0.05) is 25.9 Å². The first-order chi connectivity index (χ1) is 9.08. The van der Waals surface area contributed by atoms with Crippen LogP contribution in [-0.4, -0.2) is 45.8 Å². The number of rotatable bonds is 5. The summed E-state index contributed by atoms with van der Waals surface area (Å²) in [5, 5.41) is 11.6. The first-order valence-electron chi connectivity index (χ1n) is 6.22. The lowest BCUT2D eigenvalue weighted by atomic mass is 10.0. The predicted molar refractivity (Wildman–Crippen MR) is 65.7 cm³/mol. The van der Waals surface area contributed by atoms with Gasteiger partial charge in [-0.3, -0.25) is 4.79 Å². The maximum Gasteiger partial charge on any atom is 0.356 e. The molecule has 1 amide bonds. The van der Waals surface area contributed by atoms with E-state index < -0.39 is 5.97 Å². The average molecular weight is 267 g/mol. The third-order valence-corrected chi connectivity index (χ3v) is 3.23. The molecule has 2 heterocycles. The second kappa shape index (κ2) is 5.83. The minimum atomic E-state index is -1.06. The van der Waals surface area contributed by atoms with Gasteiger partial charge < -0.3 is 19.7 Å². The van der Waals surface area contributed by atoms with E-state index in [1.54, 1.807) is 4.57 Å². The number of nitrogens with one attached hydrogen (secondary N) is 1. The van der Waals surface area contributed by atoms with Crippen LogP contribution < -0.4 is 5.32 Å². The van der Waals surface area contributed by atoms with Crippen LogP contribution in [0.2, 0.25) is 0 Å². The molecule has 0 spiro atoms. The number of carboxylic acids is 1. The summed E-state index contributed by atoms with van der Waals surface area (Å²) in [6.45, 7) is 3.46. The SMILES string of the molecule is CC1OCCC1C(=O)NCCn1cnc(C(=O)O)c1. The van der Waals surface area contributed by atoms with Gasteiger partial charge in [-0.25, -0.2) is 9.78 Å². The molecule has 2 unspecified atom stereocenters. The van der Waals surface area contributed by atoms with Gasteiger partial charge in [0.2, 0.25) is 5.91 Å². The van der Waals surface area contributed by atoms with Crippen molar-refractivity contribution in [3.63, 3.8) is 0 Å². The summed E-state index contributed by atoms with van der Waals surface area (Å²) in [5.74, 6) is -1.15. The van der Waals surface area contributed by atoms with Crippen LogP contribution in [0.1, 0.15) is 23.8 Å². The van der Waals surface area contributed by atoms with Gasteiger partial charge in [-0.1, -0.05) is 0 Å². The lowest BCUT2D eigenvalue weighted by Crippen LogP contribution is -2.35. The van der Waals surface area contributed by atoms with Crippen molar-refractivity contribution < 1.29 is 19.4 Å². The van der Waals surface area contributed by atoms with Crippen LogP contribution in [0.15, 0.2) is 12.5 Å². The number of ether oxygens (including phenoxy) is 1. The maximum absolute atomic E-state index is 11.8. The molecule has 0 bridgehead atoms. The van der Waals surface area contributed by atoms with Crippen molar-refractivity contribution in [1.82, 2.24) is 14.9 Å². The van der Waals surface area contributed by atoms with Crippen LogP contribution in [0, 0.1) is 5.92 Å². The number of carbonyl (C=O) groups is 2. The highest BCUT2D eigenvalue weighted by molar-refractivity contribution is 5.84. The Kier molecular flexibility index (Phi) is 4.16. The summed E-state index contributed by atoms with van der Waals surface area (Å²) >= 11 is 0. The zero-order valence-electron chi connectivity index (χ0n) is 10.7. The molecule has 0 radical (unpaired) electrons. The lowest BCUT2D eigenvalue weighted by Gasteiger charge is -2.14. The molecule has 0 saturated carbocycles. The van der Waals surface area contributed by atoms with E-state index in [0.29, 0.717) is 19.7 Å². The minimum Gasteiger partial charge on any atom is -0.476 e. The molecule has 0 aromatic carbocycles. The van der Waals surface area contributed by atoms with Crippen molar-refractivity contribution in [2.75, 3.05) is 13.2 Å². The Morgan fingerprint density at radius 2 is 2.42 bits per heavy atom. The summed E-state index contributed by atoms with van der Waals surface area (Å²) in [6.07, 6.45) is 3.60. The largest absolute Gasteiger partial charge is 0.476 e. The van der Waals surface area contributed by atoms with Gasteiger partial charge >= 0.3 is 5.97 Å². The van der Waals surface area contributed by atoms with E-state index in [0.717, 1.165) is 6.42 Å². The van der Waals surface area contributed by atoms with Crippen molar-refractivity contribution in [3.8, 4) is 0 Å². The van der Waals surface area contributed by atoms with E-state index in [9.17, 15) is 9.59 Å². The summed E-state index contributed by atoms with van der Waals surface area (Å²) < 4.78 is 6.98. The number of hydrogen-bond donors (Lipinski definition) is 2. The quantitative estimate of drug-likeness (QED) is 0.790. The van der Waals surface area contributed by atoms with Crippen molar-refractivity contribution in [2.24, 2.45) is 5.92 Å². The third-order valence-electron chi connectivity index (χ3n) is 3.23. The van der Waals surface area contributed by atoms with Gasteiger partial charge in [-0.15, -0.1) is 0 Å². The molecule has 1 saturated heterocycles. The maximum atomic E-state index is 11.8. The first-order valence-corrected chi connectivity index (χ1v) is 6.22. The Labute approximate surface area is 110 Å². The summed E-state index contributed by atoms with van der Waals surface area (Å²) in [5.41, 5.74) is 0.00383. The molecule has 0 aliphatic carbocycles. The van der Waals surface area contributed by atoms with E-state index in [2.05, 4.69) is 10.3 Å². The van der Waals surface area contributed by atoms with Gasteiger partial charge in [0.05, 0.1) is 18.3 Å².